The number of aryl methyl sites for hydroxylation is 3. The van der Waals surface area contributed by atoms with Crippen molar-refractivity contribution in [3.8, 4) is 11.1 Å². The highest BCUT2D eigenvalue weighted by Crippen LogP contribution is 2.29. The second-order valence-corrected chi connectivity index (χ2v) is 7.05. The Bertz CT molecular complexity index is 1460. The third-order valence-corrected chi connectivity index (χ3v) is 5.20. The molecule has 0 radical (unpaired) electrons. The number of benzene rings is 1. The van der Waals surface area contributed by atoms with Crippen molar-refractivity contribution in [3.05, 3.63) is 76.2 Å². The van der Waals surface area contributed by atoms with Gasteiger partial charge in [-0.2, -0.15) is 5.10 Å². The second-order valence-electron chi connectivity index (χ2n) is 7.05. The molecule has 150 valence electrons. The van der Waals surface area contributed by atoms with Gasteiger partial charge in [0.2, 0.25) is 0 Å². The molecule has 30 heavy (non-hydrogen) atoms. The summed E-state index contributed by atoms with van der Waals surface area (Å²) >= 11 is 0. The zero-order valence-electron chi connectivity index (χ0n) is 16.7. The minimum Gasteiger partial charge on any atom is -0.267 e. The number of aromatic nitrogens is 7. The van der Waals surface area contributed by atoms with Crippen LogP contribution in [-0.2, 0) is 6.42 Å². The molecule has 0 unspecified atom stereocenters. The molecule has 9 heteroatoms. The first-order valence-corrected chi connectivity index (χ1v) is 9.56. The summed E-state index contributed by atoms with van der Waals surface area (Å²) in [5, 5.41) is 13.2. The van der Waals surface area contributed by atoms with Gasteiger partial charge in [-0.15, -0.1) is 10.2 Å². The van der Waals surface area contributed by atoms with Gasteiger partial charge in [0.25, 0.3) is 5.56 Å². The van der Waals surface area contributed by atoms with Crippen LogP contribution in [0.3, 0.4) is 0 Å². The maximum atomic E-state index is 13.4. The predicted octanol–water partition coefficient (Wildman–Crippen LogP) is 2.93. The summed E-state index contributed by atoms with van der Waals surface area (Å²) in [6.45, 7) is 5.57. The highest BCUT2D eigenvalue weighted by molar-refractivity contribution is 5.86. The molecule has 0 atom stereocenters. The fraction of sp³-hybridized carbons (Fsp3) is 0.190. The summed E-state index contributed by atoms with van der Waals surface area (Å²) in [5.74, 6) is 0.912. The summed E-state index contributed by atoms with van der Waals surface area (Å²) in [6.07, 6.45) is 3.92. The van der Waals surface area contributed by atoms with Gasteiger partial charge in [-0.25, -0.2) is 23.2 Å². The molecule has 5 rings (SSSR count). The van der Waals surface area contributed by atoms with Crippen LogP contribution in [0.1, 0.15) is 24.3 Å². The van der Waals surface area contributed by atoms with Gasteiger partial charge in [-0.3, -0.25) is 4.79 Å². The van der Waals surface area contributed by atoms with E-state index in [9.17, 15) is 9.18 Å². The minimum absolute atomic E-state index is 0.246. The van der Waals surface area contributed by atoms with Crippen LogP contribution < -0.4 is 5.56 Å². The lowest BCUT2D eigenvalue weighted by atomic mass is 10.0. The van der Waals surface area contributed by atoms with Crippen molar-refractivity contribution in [2.75, 3.05) is 0 Å². The number of rotatable bonds is 3. The molecule has 0 aliphatic rings. The van der Waals surface area contributed by atoms with Crippen LogP contribution in [0.2, 0.25) is 0 Å². The van der Waals surface area contributed by atoms with Gasteiger partial charge in [0.15, 0.2) is 5.65 Å². The second kappa shape index (κ2) is 6.58. The monoisotopic (exact) mass is 403 g/mol. The van der Waals surface area contributed by atoms with E-state index in [4.69, 9.17) is 5.10 Å². The predicted molar refractivity (Wildman–Crippen MR) is 110 cm³/mol. The van der Waals surface area contributed by atoms with Crippen molar-refractivity contribution < 1.29 is 4.39 Å². The molecule has 0 N–H and O–H groups in total. The van der Waals surface area contributed by atoms with Gasteiger partial charge in [0, 0.05) is 18.0 Å². The van der Waals surface area contributed by atoms with Crippen molar-refractivity contribution in [3.63, 3.8) is 0 Å². The highest BCUT2D eigenvalue weighted by Gasteiger charge is 2.18. The number of pyridine rings is 1. The van der Waals surface area contributed by atoms with Crippen LogP contribution >= 0.6 is 0 Å². The molecular weight excluding hydrogens is 385 g/mol. The Morgan fingerprint density at radius 3 is 2.40 bits per heavy atom. The summed E-state index contributed by atoms with van der Waals surface area (Å²) < 4.78 is 18.2. The van der Waals surface area contributed by atoms with Crippen LogP contribution in [-0.4, -0.2) is 34.1 Å². The van der Waals surface area contributed by atoms with Crippen LogP contribution in [0.15, 0.2) is 47.5 Å². The van der Waals surface area contributed by atoms with Gasteiger partial charge >= 0.3 is 0 Å². The lowest BCUT2D eigenvalue weighted by Gasteiger charge is -2.11. The SMILES string of the molecule is CCc1nn2c(ncc3c(=O)n(-n4c(C)nnc4C)ccc32)c1-c1ccc(F)cc1. The topological polar surface area (TPSA) is 82.9 Å². The Morgan fingerprint density at radius 2 is 1.73 bits per heavy atom. The van der Waals surface area contributed by atoms with Gasteiger partial charge in [0.05, 0.1) is 16.6 Å². The van der Waals surface area contributed by atoms with Crippen molar-refractivity contribution in [2.45, 2.75) is 27.2 Å². The van der Waals surface area contributed by atoms with Crippen LogP contribution in [0.5, 0.6) is 0 Å². The van der Waals surface area contributed by atoms with E-state index in [1.54, 1.807) is 47.6 Å². The number of hydrogen-bond acceptors (Lipinski definition) is 5. The largest absolute Gasteiger partial charge is 0.280 e. The van der Waals surface area contributed by atoms with E-state index in [2.05, 4.69) is 15.2 Å². The summed E-state index contributed by atoms with van der Waals surface area (Å²) in [6, 6.07) is 8.09. The fourth-order valence-electron chi connectivity index (χ4n) is 3.80. The Morgan fingerprint density at radius 1 is 1.03 bits per heavy atom. The number of fused-ring (bicyclic) bond motifs is 3. The van der Waals surface area contributed by atoms with Crippen molar-refractivity contribution >= 4 is 16.6 Å². The molecule has 0 fully saturated rings. The van der Waals surface area contributed by atoms with E-state index in [1.807, 2.05) is 13.0 Å². The van der Waals surface area contributed by atoms with Crippen molar-refractivity contribution in [2.24, 2.45) is 0 Å². The summed E-state index contributed by atoms with van der Waals surface area (Å²) in [4.78, 5) is 17.8. The van der Waals surface area contributed by atoms with E-state index in [0.29, 0.717) is 34.6 Å². The maximum absolute atomic E-state index is 13.4. The first-order chi connectivity index (χ1) is 14.5. The number of halogens is 1. The summed E-state index contributed by atoms with van der Waals surface area (Å²) in [5.41, 5.74) is 3.53. The average molecular weight is 403 g/mol. The third kappa shape index (κ3) is 2.55. The van der Waals surface area contributed by atoms with E-state index < -0.39 is 0 Å². The molecule has 5 aromatic rings. The maximum Gasteiger partial charge on any atom is 0.280 e. The number of hydrogen-bond donors (Lipinski definition) is 0. The molecule has 0 bridgehead atoms. The van der Waals surface area contributed by atoms with Crippen molar-refractivity contribution in [1.29, 1.82) is 0 Å². The molecule has 0 aliphatic carbocycles. The van der Waals surface area contributed by atoms with Gasteiger partial charge in [-0.1, -0.05) is 19.1 Å². The molecule has 0 amide bonds. The lowest BCUT2D eigenvalue weighted by molar-refractivity contribution is 0.594. The molecule has 8 nitrogen and oxygen atoms in total. The first-order valence-electron chi connectivity index (χ1n) is 9.56. The van der Waals surface area contributed by atoms with Gasteiger partial charge in [-0.05, 0) is 44.0 Å². The molecule has 0 saturated heterocycles. The minimum atomic E-state index is -0.299. The Labute approximate surface area is 170 Å². The quantitative estimate of drug-likeness (QED) is 0.463. The summed E-state index contributed by atoms with van der Waals surface area (Å²) in [7, 11) is 0. The normalized spacial score (nSPS) is 11.6. The van der Waals surface area contributed by atoms with E-state index in [0.717, 1.165) is 16.8 Å². The van der Waals surface area contributed by atoms with Gasteiger partial charge < -0.3 is 0 Å². The molecule has 0 aliphatic heterocycles. The van der Waals surface area contributed by atoms with E-state index in [1.165, 1.54) is 16.8 Å². The zero-order valence-corrected chi connectivity index (χ0v) is 16.7. The average Bonchev–Trinajstić information content (AvgIpc) is 3.29. The van der Waals surface area contributed by atoms with E-state index >= 15 is 0 Å². The molecular formula is C21H18FN7O. The molecule has 0 spiro atoms. The van der Waals surface area contributed by atoms with Crippen LogP contribution in [0.4, 0.5) is 4.39 Å². The molecule has 4 heterocycles. The van der Waals surface area contributed by atoms with Crippen LogP contribution in [0, 0.1) is 19.7 Å². The Balaban J connectivity index is 1.80. The Kier molecular flexibility index (Phi) is 3.99. The zero-order chi connectivity index (χ0) is 21.0. The van der Waals surface area contributed by atoms with Gasteiger partial charge in [0.1, 0.15) is 17.5 Å². The van der Waals surface area contributed by atoms with Crippen molar-refractivity contribution in [1.82, 2.24) is 34.1 Å². The lowest BCUT2D eigenvalue weighted by Crippen LogP contribution is -2.27. The number of nitrogens with zero attached hydrogens (tertiary/aromatic N) is 7. The standard InChI is InChI=1S/C21H18FN7O/c1-4-17-19(14-5-7-15(22)8-6-14)20-23-11-16-18(28(20)26-17)9-10-27(21(16)30)29-12(2)24-25-13(29)3/h5-11H,4H2,1-3H3. The van der Waals surface area contributed by atoms with E-state index in [-0.39, 0.29) is 11.4 Å². The Hall–Kier alpha value is -3.88. The third-order valence-electron chi connectivity index (χ3n) is 5.20. The smallest absolute Gasteiger partial charge is 0.267 e. The molecule has 4 aromatic heterocycles. The molecule has 0 saturated carbocycles. The highest BCUT2D eigenvalue weighted by atomic mass is 19.1. The first kappa shape index (κ1) is 18.2. The fourth-order valence-corrected chi connectivity index (χ4v) is 3.80. The molecule has 1 aromatic carbocycles. The van der Waals surface area contributed by atoms with Crippen LogP contribution in [0.25, 0.3) is 27.7 Å².